The van der Waals surface area contributed by atoms with Crippen molar-refractivity contribution in [3.8, 4) is 0 Å². The van der Waals surface area contributed by atoms with Gasteiger partial charge in [0.1, 0.15) is 12.4 Å². The molecule has 1 aromatic heterocycles. The first-order chi connectivity index (χ1) is 11.6. The van der Waals surface area contributed by atoms with Crippen LogP contribution in [0, 0.1) is 5.82 Å². The van der Waals surface area contributed by atoms with E-state index in [9.17, 15) is 18.8 Å². The van der Waals surface area contributed by atoms with E-state index in [1.165, 1.54) is 30.5 Å². The van der Waals surface area contributed by atoms with Crippen molar-refractivity contribution in [1.29, 1.82) is 0 Å². The largest absolute Gasteiger partial charge is 0.459 e. The van der Waals surface area contributed by atoms with Crippen LogP contribution in [0.2, 0.25) is 0 Å². The van der Waals surface area contributed by atoms with Crippen LogP contribution in [-0.4, -0.2) is 30.9 Å². The predicted molar refractivity (Wildman–Crippen MR) is 80.2 cm³/mol. The lowest BCUT2D eigenvalue weighted by Crippen LogP contribution is -2.33. The smallest absolute Gasteiger partial charge is 0.325 e. The molecule has 0 aliphatic carbocycles. The molecule has 8 heteroatoms. The predicted octanol–water partition coefficient (Wildman–Crippen LogP) is 1.01. The van der Waals surface area contributed by atoms with Crippen molar-refractivity contribution in [1.82, 2.24) is 10.6 Å². The highest BCUT2D eigenvalue weighted by molar-refractivity contribution is 5.93. The van der Waals surface area contributed by atoms with Gasteiger partial charge < -0.3 is 19.8 Å². The van der Waals surface area contributed by atoms with E-state index in [0.29, 0.717) is 5.56 Å². The lowest BCUT2D eigenvalue weighted by atomic mass is 10.2. The Morgan fingerprint density at radius 3 is 2.58 bits per heavy atom. The molecule has 0 unspecified atom stereocenters. The van der Waals surface area contributed by atoms with Crippen LogP contribution in [-0.2, 0) is 20.9 Å². The van der Waals surface area contributed by atoms with Crippen molar-refractivity contribution in [3.63, 3.8) is 0 Å². The molecule has 0 saturated carbocycles. The molecule has 126 valence electrons. The van der Waals surface area contributed by atoms with E-state index in [1.807, 2.05) is 0 Å². The van der Waals surface area contributed by atoms with Gasteiger partial charge in [-0.15, -0.1) is 0 Å². The molecule has 0 bridgehead atoms. The zero-order valence-corrected chi connectivity index (χ0v) is 12.6. The molecule has 2 rings (SSSR count). The van der Waals surface area contributed by atoms with Gasteiger partial charge in [-0.2, -0.15) is 0 Å². The molecule has 24 heavy (non-hydrogen) atoms. The summed E-state index contributed by atoms with van der Waals surface area (Å²) in [7, 11) is 0. The summed E-state index contributed by atoms with van der Waals surface area (Å²) in [4.78, 5) is 34.5. The Morgan fingerprint density at radius 1 is 1.08 bits per heavy atom. The van der Waals surface area contributed by atoms with Crippen molar-refractivity contribution in [2.75, 3.05) is 13.2 Å². The molecule has 0 radical (unpaired) electrons. The van der Waals surface area contributed by atoms with Crippen molar-refractivity contribution in [3.05, 3.63) is 59.8 Å². The molecule has 1 heterocycles. The van der Waals surface area contributed by atoms with Crippen LogP contribution in [0.15, 0.2) is 47.1 Å². The highest BCUT2D eigenvalue weighted by atomic mass is 19.1. The number of nitrogens with one attached hydrogen (secondary N) is 2. The number of halogens is 1. The van der Waals surface area contributed by atoms with Gasteiger partial charge in [0.05, 0.1) is 6.26 Å². The second-order valence-electron chi connectivity index (χ2n) is 4.69. The summed E-state index contributed by atoms with van der Waals surface area (Å²) < 4.78 is 22.9. The molecule has 2 aromatic rings. The van der Waals surface area contributed by atoms with E-state index in [0.717, 1.165) is 0 Å². The summed E-state index contributed by atoms with van der Waals surface area (Å²) in [5.41, 5.74) is 0.322. The van der Waals surface area contributed by atoms with Crippen molar-refractivity contribution < 1.29 is 27.9 Å². The first kappa shape index (κ1) is 17.2. The van der Waals surface area contributed by atoms with E-state index in [2.05, 4.69) is 10.6 Å². The molecule has 0 fully saturated rings. The number of ether oxygens (including phenoxy) is 1. The van der Waals surface area contributed by atoms with Gasteiger partial charge in [-0.05, 0) is 18.2 Å². The number of carbonyl (C=O) groups excluding carboxylic acids is 3. The van der Waals surface area contributed by atoms with E-state index >= 15 is 0 Å². The summed E-state index contributed by atoms with van der Waals surface area (Å²) >= 11 is 0. The lowest BCUT2D eigenvalue weighted by Gasteiger charge is -2.07. The summed E-state index contributed by atoms with van der Waals surface area (Å²) in [6.07, 6.45) is 1.33. The molecule has 2 amide bonds. The fraction of sp³-hybridized carbons (Fsp3) is 0.188. The van der Waals surface area contributed by atoms with Crippen LogP contribution in [0.4, 0.5) is 4.39 Å². The van der Waals surface area contributed by atoms with Gasteiger partial charge in [-0.1, -0.05) is 18.2 Å². The zero-order valence-electron chi connectivity index (χ0n) is 12.6. The van der Waals surface area contributed by atoms with Crippen LogP contribution in [0.5, 0.6) is 0 Å². The summed E-state index contributed by atoms with van der Waals surface area (Å²) in [5, 5.41) is 4.71. The summed E-state index contributed by atoms with van der Waals surface area (Å²) in [5.74, 6) is -2.30. The zero-order chi connectivity index (χ0) is 17.4. The third-order valence-electron chi connectivity index (χ3n) is 2.94. The van der Waals surface area contributed by atoms with Crippen molar-refractivity contribution in [2.45, 2.75) is 6.54 Å². The fourth-order valence-corrected chi connectivity index (χ4v) is 1.73. The molecular weight excluding hydrogens is 319 g/mol. The van der Waals surface area contributed by atoms with Crippen LogP contribution in [0.25, 0.3) is 0 Å². The summed E-state index contributed by atoms with van der Waals surface area (Å²) in [6, 6.07) is 8.98. The van der Waals surface area contributed by atoms with Crippen LogP contribution in [0.1, 0.15) is 16.1 Å². The Labute approximate surface area is 136 Å². The average Bonchev–Trinajstić information content (AvgIpc) is 3.11. The highest BCUT2D eigenvalue weighted by Crippen LogP contribution is 2.05. The van der Waals surface area contributed by atoms with E-state index in [4.69, 9.17) is 9.15 Å². The van der Waals surface area contributed by atoms with Gasteiger partial charge in [-0.3, -0.25) is 14.4 Å². The standard InChI is InChI=1S/C16H15FN2O5/c17-12-5-2-1-4-11(12)8-18-14(20)10-24-15(21)9-19-16(22)13-6-3-7-23-13/h1-7H,8-10H2,(H,18,20)(H,19,22). The van der Waals surface area contributed by atoms with Gasteiger partial charge >= 0.3 is 5.97 Å². The Bertz CT molecular complexity index is 715. The molecule has 0 aliphatic rings. The number of rotatable bonds is 7. The van der Waals surface area contributed by atoms with Crippen molar-refractivity contribution in [2.24, 2.45) is 0 Å². The lowest BCUT2D eigenvalue weighted by molar-refractivity contribution is -0.147. The maximum absolute atomic E-state index is 13.4. The van der Waals surface area contributed by atoms with Crippen LogP contribution in [0.3, 0.4) is 0 Å². The number of carbonyl (C=O) groups is 3. The minimum atomic E-state index is -0.782. The monoisotopic (exact) mass is 334 g/mol. The molecule has 0 saturated heterocycles. The first-order valence-corrected chi connectivity index (χ1v) is 7.03. The Hall–Kier alpha value is -3.16. The average molecular weight is 334 g/mol. The normalized spacial score (nSPS) is 10.0. The molecule has 0 spiro atoms. The van der Waals surface area contributed by atoms with Crippen LogP contribution < -0.4 is 10.6 Å². The van der Waals surface area contributed by atoms with Gasteiger partial charge in [0.2, 0.25) is 0 Å². The van der Waals surface area contributed by atoms with Crippen LogP contribution >= 0.6 is 0 Å². The van der Waals surface area contributed by atoms with Gasteiger partial charge in [0, 0.05) is 12.1 Å². The number of esters is 1. The number of furan rings is 1. The first-order valence-electron chi connectivity index (χ1n) is 7.03. The number of benzene rings is 1. The number of hydrogen-bond donors (Lipinski definition) is 2. The summed E-state index contributed by atoms with van der Waals surface area (Å²) in [6.45, 7) is -0.942. The molecular formula is C16H15FN2O5. The highest BCUT2D eigenvalue weighted by Gasteiger charge is 2.12. The molecule has 2 N–H and O–H groups in total. The third kappa shape index (κ3) is 5.24. The van der Waals surface area contributed by atoms with Gasteiger partial charge in [0.25, 0.3) is 11.8 Å². The maximum Gasteiger partial charge on any atom is 0.325 e. The fourth-order valence-electron chi connectivity index (χ4n) is 1.73. The van der Waals surface area contributed by atoms with E-state index < -0.39 is 36.8 Å². The molecule has 1 aromatic carbocycles. The van der Waals surface area contributed by atoms with Gasteiger partial charge in [0.15, 0.2) is 12.4 Å². The maximum atomic E-state index is 13.4. The topological polar surface area (TPSA) is 97.6 Å². The number of amides is 2. The molecule has 0 aliphatic heterocycles. The van der Waals surface area contributed by atoms with Crippen molar-refractivity contribution >= 4 is 17.8 Å². The quantitative estimate of drug-likeness (QED) is 0.737. The van der Waals surface area contributed by atoms with Gasteiger partial charge in [-0.25, -0.2) is 4.39 Å². The minimum Gasteiger partial charge on any atom is -0.459 e. The number of hydrogen-bond acceptors (Lipinski definition) is 5. The third-order valence-corrected chi connectivity index (χ3v) is 2.94. The van der Waals surface area contributed by atoms with E-state index in [1.54, 1.807) is 12.1 Å². The molecule has 7 nitrogen and oxygen atoms in total. The molecule has 0 atom stereocenters. The Balaban J connectivity index is 1.65. The second-order valence-corrected chi connectivity index (χ2v) is 4.69. The SMILES string of the molecule is O=C(COC(=O)CNC(=O)c1ccco1)NCc1ccccc1F. The minimum absolute atomic E-state index is 0.0156. The second kappa shape index (κ2) is 8.47. The van der Waals surface area contributed by atoms with E-state index in [-0.39, 0.29) is 12.3 Å². The Kier molecular flexibility index (Phi) is 6.07. The Morgan fingerprint density at radius 2 is 1.88 bits per heavy atom.